The number of hydrogen-bond donors (Lipinski definition) is 1. The van der Waals surface area contributed by atoms with E-state index in [4.69, 9.17) is 23.2 Å². The fourth-order valence-corrected chi connectivity index (χ4v) is 4.19. The lowest BCUT2D eigenvalue weighted by atomic mass is 10.1. The summed E-state index contributed by atoms with van der Waals surface area (Å²) in [5.74, 6) is -0.760. The number of hydrogen-bond acceptors (Lipinski definition) is 4. The highest BCUT2D eigenvalue weighted by atomic mass is 35.5. The van der Waals surface area contributed by atoms with Gasteiger partial charge in [0.05, 0.1) is 16.5 Å². The van der Waals surface area contributed by atoms with E-state index in [1.165, 1.54) is 20.0 Å². The van der Waals surface area contributed by atoms with Crippen LogP contribution >= 0.6 is 23.2 Å². The van der Waals surface area contributed by atoms with Gasteiger partial charge in [-0.1, -0.05) is 30.1 Å². The number of rotatable bonds is 5. The predicted octanol–water partition coefficient (Wildman–Crippen LogP) is 4.15. The van der Waals surface area contributed by atoms with Gasteiger partial charge in [-0.25, -0.2) is 12.8 Å². The smallest absolute Gasteiger partial charge is 0.196 e. The lowest BCUT2D eigenvalue weighted by Crippen LogP contribution is -2.10. The third-order valence-corrected chi connectivity index (χ3v) is 5.97. The van der Waals surface area contributed by atoms with Crippen molar-refractivity contribution < 1.29 is 12.8 Å². The van der Waals surface area contributed by atoms with Gasteiger partial charge in [-0.2, -0.15) is 5.10 Å². The van der Waals surface area contributed by atoms with Crippen LogP contribution in [-0.2, 0) is 16.9 Å². The summed E-state index contributed by atoms with van der Waals surface area (Å²) in [5, 5.41) is 7.19. The van der Waals surface area contributed by atoms with Crippen molar-refractivity contribution in [1.29, 1.82) is 0 Å². The van der Waals surface area contributed by atoms with Crippen LogP contribution in [0.4, 0.5) is 10.1 Å². The Balaban J connectivity index is 2.68. The Hall–Kier alpha value is -1.31. The van der Waals surface area contributed by atoms with Crippen molar-refractivity contribution in [2.75, 3.05) is 11.1 Å². The standard InChI is InChI=1S/C15H18Cl2FN3O2S/c1-5-24(22,23)15-13(17)14(20-21(15)4)9-6-12(19-8(2)3)10(16)7-11(9)18/h6-8,19H,5H2,1-4H3. The number of nitrogens with zero attached hydrogens (tertiary/aromatic N) is 2. The Morgan fingerprint density at radius 3 is 2.50 bits per heavy atom. The van der Waals surface area contributed by atoms with Crippen molar-refractivity contribution in [3.63, 3.8) is 0 Å². The predicted molar refractivity (Wildman–Crippen MR) is 95.1 cm³/mol. The molecule has 24 heavy (non-hydrogen) atoms. The third kappa shape index (κ3) is 3.53. The second kappa shape index (κ2) is 6.90. The minimum Gasteiger partial charge on any atom is -0.382 e. The molecule has 2 rings (SSSR count). The molecule has 5 nitrogen and oxygen atoms in total. The number of sulfone groups is 1. The van der Waals surface area contributed by atoms with E-state index in [2.05, 4.69) is 10.4 Å². The summed E-state index contributed by atoms with van der Waals surface area (Å²) in [6, 6.07) is 2.71. The lowest BCUT2D eigenvalue weighted by molar-refractivity contribution is 0.578. The molecule has 9 heteroatoms. The van der Waals surface area contributed by atoms with Crippen LogP contribution < -0.4 is 5.32 Å². The number of aromatic nitrogens is 2. The zero-order chi connectivity index (χ0) is 18.2. The molecule has 0 saturated carbocycles. The Bertz CT molecular complexity index is 879. The SMILES string of the molecule is CCS(=O)(=O)c1c(Cl)c(-c2cc(NC(C)C)c(Cl)cc2F)nn1C. The zero-order valence-electron chi connectivity index (χ0n) is 13.7. The number of benzene rings is 1. The summed E-state index contributed by atoms with van der Waals surface area (Å²) in [6.45, 7) is 5.34. The first kappa shape index (κ1) is 19.0. The van der Waals surface area contributed by atoms with Crippen LogP contribution in [0.2, 0.25) is 10.0 Å². The fraction of sp³-hybridized carbons (Fsp3) is 0.400. The number of halogens is 3. The van der Waals surface area contributed by atoms with E-state index in [1.54, 1.807) is 0 Å². The summed E-state index contributed by atoms with van der Waals surface area (Å²) in [5.41, 5.74) is 0.664. The molecule has 0 bridgehead atoms. The molecule has 0 aliphatic heterocycles. The molecule has 2 aromatic rings. The Morgan fingerprint density at radius 1 is 1.33 bits per heavy atom. The highest BCUT2D eigenvalue weighted by Crippen LogP contribution is 2.37. The van der Waals surface area contributed by atoms with Crippen LogP contribution in [0.3, 0.4) is 0 Å². The first-order chi connectivity index (χ1) is 11.1. The molecular weight excluding hydrogens is 376 g/mol. The van der Waals surface area contributed by atoms with E-state index >= 15 is 0 Å². The van der Waals surface area contributed by atoms with E-state index in [0.29, 0.717) is 5.69 Å². The first-order valence-corrected chi connectivity index (χ1v) is 9.70. The normalized spacial score (nSPS) is 12.0. The minimum atomic E-state index is -3.59. The molecular formula is C15H18Cl2FN3O2S. The van der Waals surface area contributed by atoms with Gasteiger partial charge in [0.1, 0.15) is 16.5 Å². The van der Waals surface area contributed by atoms with Gasteiger partial charge in [-0.15, -0.1) is 0 Å². The highest BCUT2D eigenvalue weighted by molar-refractivity contribution is 7.91. The van der Waals surface area contributed by atoms with Gasteiger partial charge in [0.15, 0.2) is 14.9 Å². The zero-order valence-corrected chi connectivity index (χ0v) is 16.0. The quantitative estimate of drug-likeness (QED) is 0.828. The molecule has 0 amide bonds. The molecule has 0 aliphatic carbocycles. The number of anilines is 1. The molecule has 0 atom stereocenters. The Kier molecular flexibility index (Phi) is 5.47. The van der Waals surface area contributed by atoms with Crippen LogP contribution in [0.15, 0.2) is 17.2 Å². The third-order valence-electron chi connectivity index (χ3n) is 3.37. The van der Waals surface area contributed by atoms with Crippen molar-refractivity contribution in [3.05, 3.63) is 28.0 Å². The van der Waals surface area contributed by atoms with Crippen LogP contribution in [0.1, 0.15) is 20.8 Å². The van der Waals surface area contributed by atoms with E-state index in [0.717, 1.165) is 10.7 Å². The summed E-state index contributed by atoms with van der Waals surface area (Å²) in [6.07, 6.45) is 0. The molecule has 1 aromatic carbocycles. The molecule has 1 heterocycles. The van der Waals surface area contributed by atoms with Crippen LogP contribution in [-0.4, -0.2) is 30.0 Å². The van der Waals surface area contributed by atoms with Gasteiger partial charge in [0.25, 0.3) is 0 Å². The van der Waals surface area contributed by atoms with Gasteiger partial charge < -0.3 is 5.32 Å². The van der Waals surface area contributed by atoms with E-state index in [1.807, 2.05) is 13.8 Å². The van der Waals surface area contributed by atoms with E-state index < -0.39 is 15.7 Å². The van der Waals surface area contributed by atoms with Gasteiger partial charge in [-0.3, -0.25) is 4.68 Å². The number of aryl methyl sites for hydroxylation is 1. The lowest BCUT2D eigenvalue weighted by Gasteiger charge is -2.13. The minimum absolute atomic E-state index is 0.0622. The fourth-order valence-electron chi connectivity index (χ4n) is 2.28. The largest absolute Gasteiger partial charge is 0.382 e. The van der Waals surface area contributed by atoms with Crippen LogP contribution in [0.25, 0.3) is 11.3 Å². The molecule has 0 saturated heterocycles. The molecule has 0 radical (unpaired) electrons. The Labute approximate surface area is 150 Å². The molecule has 0 fully saturated rings. The Morgan fingerprint density at radius 2 is 1.96 bits per heavy atom. The van der Waals surface area contributed by atoms with Crippen LogP contribution in [0, 0.1) is 5.82 Å². The maximum absolute atomic E-state index is 14.4. The monoisotopic (exact) mass is 393 g/mol. The van der Waals surface area contributed by atoms with Crippen molar-refractivity contribution in [1.82, 2.24) is 9.78 Å². The van der Waals surface area contributed by atoms with Gasteiger partial charge in [-0.05, 0) is 26.0 Å². The van der Waals surface area contributed by atoms with Gasteiger partial charge >= 0.3 is 0 Å². The van der Waals surface area contributed by atoms with Gasteiger partial charge in [0, 0.05) is 18.7 Å². The average molecular weight is 394 g/mol. The molecule has 0 spiro atoms. The molecule has 0 aliphatic rings. The van der Waals surface area contributed by atoms with Gasteiger partial charge in [0.2, 0.25) is 0 Å². The molecule has 0 unspecified atom stereocenters. The van der Waals surface area contributed by atoms with Crippen LogP contribution in [0.5, 0.6) is 0 Å². The molecule has 132 valence electrons. The second-order valence-corrected chi connectivity index (χ2v) is 8.58. The van der Waals surface area contributed by atoms with Crippen molar-refractivity contribution >= 4 is 38.7 Å². The van der Waals surface area contributed by atoms with Crippen molar-refractivity contribution in [2.45, 2.75) is 31.8 Å². The van der Waals surface area contributed by atoms with E-state index in [-0.39, 0.29) is 38.1 Å². The molecule has 1 aromatic heterocycles. The van der Waals surface area contributed by atoms with Crippen molar-refractivity contribution in [3.8, 4) is 11.3 Å². The summed E-state index contributed by atoms with van der Waals surface area (Å²) in [4.78, 5) is 0. The second-order valence-electron chi connectivity index (χ2n) is 5.61. The highest BCUT2D eigenvalue weighted by Gasteiger charge is 2.27. The van der Waals surface area contributed by atoms with E-state index in [9.17, 15) is 12.8 Å². The summed E-state index contributed by atoms with van der Waals surface area (Å²) in [7, 11) is -2.14. The summed E-state index contributed by atoms with van der Waals surface area (Å²) < 4.78 is 39.9. The summed E-state index contributed by atoms with van der Waals surface area (Å²) >= 11 is 12.3. The maximum atomic E-state index is 14.4. The maximum Gasteiger partial charge on any atom is 0.196 e. The molecule has 1 N–H and O–H groups in total. The average Bonchev–Trinajstić information content (AvgIpc) is 2.77. The number of nitrogens with one attached hydrogen (secondary N) is 1. The topological polar surface area (TPSA) is 64.0 Å². The van der Waals surface area contributed by atoms with Crippen molar-refractivity contribution in [2.24, 2.45) is 7.05 Å². The first-order valence-electron chi connectivity index (χ1n) is 7.29.